The molecule has 1 amide bonds. The van der Waals surface area contributed by atoms with Crippen LogP contribution in [0.15, 0.2) is 48.5 Å². The van der Waals surface area contributed by atoms with Crippen LogP contribution in [-0.2, 0) is 20.8 Å². The fourth-order valence-electron chi connectivity index (χ4n) is 2.83. The molecule has 0 aliphatic carbocycles. The van der Waals surface area contributed by atoms with Crippen molar-refractivity contribution < 1.29 is 29.3 Å². The summed E-state index contributed by atoms with van der Waals surface area (Å²) in [5.74, 6) is -1.82. The van der Waals surface area contributed by atoms with Crippen LogP contribution in [0.25, 0.3) is 11.1 Å². The van der Waals surface area contributed by atoms with E-state index < -0.39 is 23.9 Å². The third-order valence-electron chi connectivity index (χ3n) is 4.19. The molecule has 28 heavy (non-hydrogen) atoms. The summed E-state index contributed by atoms with van der Waals surface area (Å²) in [4.78, 5) is 33.5. The van der Waals surface area contributed by atoms with E-state index in [1.165, 1.54) is 0 Å². The van der Waals surface area contributed by atoms with Gasteiger partial charge in [0.25, 0.3) is 0 Å². The first-order chi connectivity index (χ1) is 13.4. The van der Waals surface area contributed by atoms with Gasteiger partial charge in [-0.25, -0.2) is 0 Å². The number of rotatable bonds is 10. The van der Waals surface area contributed by atoms with E-state index in [1.54, 1.807) is 7.11 Å². The largest absolute Gasteiger partial charge is 0.497 e. The lowest BCUT2D eigenvalue weighted by Crippen LogP contribution is -2.38. The lowest BCUT2D eigenvalue weighted by molar-refractivity contribution is -0.140. The molecule has 0 saturated carbocycles. The van der Waals surface area contributed by atoms with Gasteiger partial charge in [-0.2, -0.15) is 0 Å². The summed E-state index contributed by atoms with van der Waals surface area (Å²) in [6, 6.07) is 14.7. The first-order valence-corrected chi connectivity index (χ1v) is 8.83. The number of hydrogen-bond donors (Lipinski definition) is 3. The molecule has 3 N–H and O–H groups in total. The number of amides is 1. The molecule has 0 aliphatic rings. The highest BCUT2D eigenvalue weighted by atomic mass is 16.5. The third-order valence-corrected chi connectivity index (χ3v) is 4.19. The number of carbonyl (C=O) groups excluding carboxylic acids is 1. The normalized spacial score (nSPS) is 11.5. The summed E-state index contributed by atoms with van der Waals surface area (Å²) < 4.78 is 5.23. The highest BCUT2D eigenvalue weighted by Crippen LogP contribution is 2.24. The molecule has 1 unspecified atom stereocenters. The minimum atomic E-state index is -1.07. The van der Waals surface area contributed by atoms with Crippen molar-refractivity contribution in [1.29, 1.82) is 0 Å². The van der Waals surface area contributed by atoms with E-state index in [1.807, 2.05) is 48.5 Å². The van der Waals surface area contributed by atoms with Gasteiger partial charge in [-0.15, -0.1) is 0 Å². The zero-order valence-corrected chi connectivity index (χ0v) is 15.6. The Bertz CT molecular complexity index is 831. The van der Waals surface area contributed by atoms with Gasteiger partial charge in [0.1, 0.15) is 5.75 Å². The van der Waals surface area contributed by atoms with Crippen LogP contribution in [0.5, 0.6) is 5.75 Å². The van der Waals surface area contributed by atoms with E-state index in [9.17, 15) is 14.4 Å². The Morgan fingerprint density at radius 2 is 1.68 bits per heavy atom. The molecule has 2 aromatic rings. The maximum absolute atomic E-state index is 11.8. The van der Waals surface area contributed by atoms with Crippen LogP contribution in [0.2, 0.25) is 0 Å². The van der Waals surface area contributed by atoms with E-state index >= 15 is 0 Å². The number of carboxylic acids is 2. The second-order valence-corrected chi connectivity index (χ2v) is 6.39. The molecule has 0 aliphatic heterocycles. The fourth-order valence-corrected chi connectivity index (χ4v) is 2.83. The Hall–Kier alpha value is -3.35. The van der Waals surface area contributed by atoms with Gasteiger partial charge in [0.15, 0.2) is 0 Å². The quantitative estimate of drug-likeness (QED) is 0.580. The van der Waals surface area contributed by atoms with Crippen LogP contribution >= 0.6 is 0 Å². The summed E-state index contributed by atoms with van der Waals surface area (Å²) in [7, 11) is 1.61. The molecule has 2 rings (SSSR count). The smallest absolute Gasteiger partial charge is 0.305 e. The van der Waals surface area contributed by atoms with Gasteiger partial charge in [0.05, 0.1) is 20.0 Å². The van der Waals surface area contributed by atoms with Crippen molar-refractivity contribution in [1.82, 2.24) is 5.32 Å². The van der Waals surface area contributed by atoms with Crippen LogP contribution in [0.4, 0.5) is 0 Å². The number of nitrogens with one attached hydrogen (secondary N) is 1. The number of hydrogen-bond acceptors (Lipinski definition) is 4. The predicted molar refractivity (Wildman–Crippen MR) is 103 cm³/mol. The zero-order valence-electron chi connectivity index (χ0n) is 15.6. The maximum Gasteiger partial charge on any atom is 0.305 e. The minimum absolute atomic E-state index is 0.180. The van der Waals surface area contributed by atoms with Gasteiger partial charge >= 0.3 is 11.9 Å². The van der Waals surface area contributed by atoms with Gasteiger partial charge in [-0.1, -0.05) is 36.4 Å². The number of benzene rings is 2. The van der Waals surface area contributed by atoms with Crippen molar-refractivity contribution in [2.24, 2.45) is 0 Å². The molecule has 0 spiro atoms. The number of aliphatic carboxylic acids is 2. The molecule has 148 valence electrons. The second-order valence-electron chi connectivity index (χ2n) is 6.39. The van der Waals surface area contributed by atoms with Gasteiger partial charge in [0.2, 0.25) is 5.91 Å². The van der Waals surface area contributed by atoms with Crippen molar-refractivity contribution in [3.63, 3.8) is 0 Å². The third kappa shape index (κ3) is 6.75. The Morgan fingerprint density at radius 3 is 2.29 bits per heavy atom. The standard InChI is InChI=1S/C21H23NO6/c1-28-18-4-2-3-16(12-18)15-7-5-14(6-8-15)11-17(13-21(26)27)22-19(23)9-10-20(24)25/h2-8,12,17H,9-11,13H2,1H3,(H,22,23)(H,24,25)(H,26,27). The van der Waals surface area contributed by atoms with E-state index in [2.05, 4.69) is 5.32 Å². The molecule has 0 saturated heterocycles. The molecule has 0 heterocycles. The van der Waals surface area contributed by atoms with Crippen LogP contribution < -0.4 is 10.1 Å². The fraction of sp³-hybridized carbons (Fsp3) is 0.286. The van der Waals surface area contributed by atoms with Gasteiger partial charge in [0, 0.05) is 12.5 Å². The summed E-state index contributed by atoms with van der Waals surface area (Å²) in [6.45, 7) is 0. The van der Waals surface area contributed by atoms with E-state index in [4.69, 9.17) is 14.9 Å². The zero-order chi connectivity index (χ0) is 20.5. The molecule has 0 aromatic heterocycles. The Balaban J connectivity index is 2.05. The lowest BCUT2D eigenvalue weighted by Gasteiger charge is -2.17. The van der Waals surface area contributed by atoms with Gasteiger partial charge < -0.3 is 20.3 Å². The molecule has 0 fully saturated rings. The maximum atomic E-state index is 11.8. The molecule has 0 radical (unpaired) electrons. The van der Waals surface area contributed by atoms with Crippen molar-refractivity contribution in [3.05, 3.63) is 54.1 Å². The Morgan fingerprint density at radius 1 is 0.964 bits per heavy atom. The molecule has 0 bridgehead atoms. The molecular formula is C21H23NO6. The van der Waals surface area contributed by atoms with E-state index in [0.717, 1.165) is 22.4 Å². The number of ether oxygens (including phenoxy) is 1. The van der Waals surface area contributed by atoms with Crippen molar-refractivity contribution >= 4 is 17.8 Å². The Kier molecular flexibility index (Phi) is 7.56. The van der Waals surface area contributed by atoms with Crippen molar-refractivity contribution in [2.45, 2.75) is 31.7 Å². The number of carbonyl (C=O) groups is 3. The van der Waals surface area contributed by atoms with Gasteiger partial charge in [-0.3, -0.25) is 14.4 Å². The molecule has 2 aromatic carbocycles. The van der Waals surface area contributed by atoms with Crippen LogP contribution in [0.3, 0.4) is 0 Å². The van der Waals surface area contributed by atoms with Crippen molar-refractivity contribution in [3.8, 4) is 16.9 Å². The van der Waals surface area contributed by atoms with Gasteiger partial charge in [-0.05, 0) is 35.2 Å². The van der Waals surface area contributed by atoms with Crippen molar-refractivity contribution in [2.75, 3.05) is 7.11 Å². The average Bonchev–Trinajstić information content (AvgIpc) is 2.66. The van der Waals surface area contributed by atoms with Crippen LogP contribution in [-0.4, -0.2) is 41.2 Å². The Labute approximate surface area is 163 Å². The highest BCUT2D eigenvalue weighted by Gasteiger charge is 2.17. The van der Waals surface area contributed by atoms with Crippen LogP contribution in [0, 0.1) is 0 Å². The first kappa shape index (κ1) is 21.0. The van der Waals surface area contributed by atoms with E-state index in [-0.39, 0.29) is 19.3 Å². The number of methoxy groups -OCH3 is 1. The summed E-state index contributed by atoms with van der Waals surface area (Å²) in [5.41, 5.74) is 2.86. The molecule has 1 atom stereocenters. The first-order valence-electron chi connectivity index (χ1n) is 8.83. The average molecular weight is 385 g/mol. The lowest BCUT2D eigenvalue weighted by atomic mass is 9.99. The SMILES string of the molecule is COc1cccc(-c2ccc(CC(CC(=O)O)NC(=O)CCC(=O)O)cc2)c1. The summed E-state index contributed by atoms with van der Waals surface area (Å²) in [6.07, 6.45) is -0.374. The highest BCUT2D eigenvalue weighted by molar-refractivity contribution is 5.81. The summed E-state index contributed by atoms with van der Waals surface area (Å²) >= 11 is 0. The minimum Gasteiger partial charge on any atom is -0.497 e. The van der Waals surface area contributed by atoms with E-state index in [0.29, 0.717) is 6.42 Å². The monoisotopic (exact) mass is 385 g/mol. The second kappa shape index (κ2) is 10.1. The molecule has 7 heteroatoms. The molecular weight excluding hydrogens is 362 g/mol. The topological polar surface area (TPSA) is 113 Å². The van der Waals surface area contributed by atoms with Crippen LogP contribution in [0.1, 0.15) is 24.8 Å². The summed E-state index contributed by atoms with van der Waals surface area (Å²) in [5, 5.41) is 20.3. The predicted octanol–water partition coefficient (Wildman–Crippen LogP) is 2.73. The molecule has 7 nitrogen and oxygen atoms in total. The number of carboxylic acid groups (broad SMARTS) is 2.